The molecule has 1 aromatic heterocycles. The summed E-state index contributed by atoms with van der Waals surface area (Å²) in [5, 5.41) is 0. The van der Waals surface area contributed by atoms with E-state index in [1.54, 1.807) is 29.4 Å². The van der Waals surface area contributed by atoms with E-state index in [-0.39, 0.29) is 19.0 Å². The van der Waals surface area contributed by atoms with E-state index < -0.39 is 10.0 Å². The minimum absolute atomic E-state index is 0.146. The van der Waals surface area contributed by atoms with Gasteiger partial charge in [0.1, 0.15) is 5.76 Å². The monoisotopic (exact) mass is 416 g/mol. The van der Waals surface area contributed by atoms with Gasteiger partial charge >= 0.3 is 0 Å². The average molecular weight is 417 g/mol. The van der Waals surface area contributed by atoms with Crippen LogP contribution in [0.5, 0.6) is 0 Å². The third kappa shape index (κ3) is 4.02. The SMILES string of the molecule is Cc1c(C)c(C)c(S(=O)(=O)N2CCN(C(=O)C=Cc3ccco3)CC2)c(C)c1C. The Labute approximate surface area is 172 Å². The Kier molecular flexibility index (Phi) is 6.00. The number of carbonyl (C=O) groups is 1. The van der Waals surface area contributed by atoms with Gasteiger partial charge < -0.3 is 9.32 Å². The number of rotatable bonds is 4. The molecule has 1 aliphatic rings. The molecule has 2 heterocycles. The van der Waals surface area contributed by atoms with E-state index in [1.807, 2.05) is 34.6 Å². The Hall–Kier alpha value is -2.38. The zero-order valence-electron chi connectivity index (χ0n) is 17.7. The molecule has 1 fully saturated rings. The van der Waals surface area contributed by atoms with E-state index in [0.717, 1.165) is 27.8 Å². The van der Waals surface area contributed by atoms with Crippen molar-refractivity contribution >= 4 is 22.0 Å². The van der Waals surface area contributed by atoms with Crippen molar-refractivity contribution in [2.75, 3.05) is 26.2 Å². The number of nitrogens with zero attached hydrogens (tertiary/aromatic N) is 2. The fraction of sp³-hybridized carbons (Fsp3) is 0.409. The summed E-state index contributed by atoms with van der Waals surface area (Å²) in [6.07, 6.45) is 4.63. The average Bonchev–Trinajstić information content (AvgIpc) is 3.22. The molecule has 0 unspecified atom stereocenters. The van der Waals surface area contributed by atoms with Crippen LogP contribution in [0.4, 0.5) is 0 Å². The lowest BCUT2D eigenvalue weighted by atomic mass is 9.95. The molecule has 0 aliphatic carbocycles. The highest BCUT2D eigenvalue weighted by Crippen LogP contribution is 2.31. The second-order valence-corrected chi connectivity index (χ2v) is 9.41. The van der Waals surface area contributed by atoms with Crippen LogP contribution in [-0.2, 0) is 14.8 Å². The number of hydrogen-bond donors (Lipinski definition) is 0. The van der Waals surface area contributed by atoms with Gasteiger partial charge in [0.15, 0.2) is 0 Å². The number of hydrogen-bond acceptors (Lipinski definition) is 4. The maximum atomic E-state index is 13.4. The van der Waals surface area contributed by atoms with Crippen molar-refractivity contribution in [1.82, 2.24) is 9.21 Å². The zero-order chi connectivity index (χ0) is 21.3. The van der Waals surface area contributed by atoms with Crippen LogP contribution in [0, 0.1) is 34.6 Å². The molecule has 0 atom stereocenters. The molecule has 0 N–H and O–H groups in total. The van der Waals surface area contributed by atoms with Gasteiger partial charge in [0.2, 0.25) is 15.9 Å². The van der Waals surface area contributed by atoms with E-state index in [0.29, 0.717) is 23.7 Å². The smallest absolute Gasteiger partial charge is 0.246 e. The van der Waals surface area contributed by atoms with Gasteiger partial charge in [0, 0.05) is 32.3 Å². The van der Waals surface area contributed by atoms with Gasteiger partial charge in [-0.3, -0.25) is 4.79 Å². The summed E-state index contributed by atoms with van der Waals surface area (Å²) < 4.78 is 33.5. The molecule has 3 rings (SSSR count). The quantitative estimate of drug-likeness (QED) is 0.717. The lowest BCUT2D eigenvalue weighted by Crippen LogP contribution is -2.50. The Balaban J connectivity index is 1.76. The third-order valence-electron chi connectivity index (χ3n) is 6.01. The normalized spacial score (nSPS) is 16.0. The zero-order valence-corrected chi connectivity index (χ0v) is 18.5. The minimum Gasteiger partial charge on any atom is -0.465 e. The molecule has 1 aliphatic heterocycles. The van der Waals surface area contributed by atoms with E-state index in [2.05, 4.69) is 0 Å². The van der Waals surface area contributed by atoms with Crippen LogP contribution in [0.1, 0.15) is 33.6 Å². The highest BCUT2D eigenvalue weighted by Gasteiger charge is 2.33. The molecular weight excluding hydrogens is 388 g/mol. The fourth-order valence-corrected chi connectivity index (χ4v) is 5.76. The Morgan fingerprint density at radius 3 is 2.00 bits per heavy atom. The molecule has 156 valence electrons. The van der Waals surface area contributed by atoms with Crippen molar-refractivity contribution in [3.05, 3.63) is 58.0 Å². The Morgan fingerprint density at radius 1 is 0.931 bits per heavy atom. The second-order valence-electron chi connectivity index (χ2n) is 7.53. The van der Waals surface area contributed by atoms with Crippen molar-refractivity contribution in [2.24, 2.45) is 0 Å². The molecule has 7 heteroatoms. The van der Waals surface area contributed by atoms with Gasteiger partial charge in [-0.2, -0.15) is 4.31 Å². The first-order valence-corrected chi connectivity index (χ1v) is 11.2. The number of carbonyl (C=O) groups excluding carboxylic acids is 1. The highest BCUT2D eigenvalue weighted by atomic mass is 32.2. The molecule has 0 radical (unpaired) electrons. The van der Waals surface area contributed by atoms with Crippen LogP contribution < -0.4 is 0 Å². The van der Waals surface area contributed by atoms with Crippen molar-refractivity contribution in [2.45, 2.75) is 39.5 Å². The van der Waals surface area contributed by atoms with Crippen LogP contribution in [-0.4, -0.2) is 49.7 Å². The van der Waals surface area contributed by atoms with Crippen molar-refractivity contribution < 1.29 is 17.6 Å². The molecule has 29 heavy (non-hydrogen) atoms. The number of amides is 1. The summed E-state index contributed by atoms with van der Waals surface area (Å²) in [6, 6.07) is 3.52. The lowest BCUT2D eigenvalue weighted by molar-refractivity contribution is -0.127. The number of sulfonamides is 1. The van der Waals surface area contributed by atoms with Crippen LogP contribution in [0.3, 0.4) is 0 Å². The summed E-state index contributed by atoms with van der Waals surface area (Å²) in [5.74, 6) is 0.462. The largest absolute Gasteiger partial charge is 0.465 e. The molecule has 0 bridgehead atoms. The van der Waals surface area contributed by atoms with Crippen LogP contribution >= 0.6 is 0 Å². The van der Waals surface area contributed by atoms with E-state index >= 15 is 0 Å². The van der Waals surface area contributed by atoms with Crippen LogP contribution in [0.2, 0.25) is 0 Å². The van der Waals surface area contributed by atoms with Gasteiger partial charge in [-0.15, -0.1) is 0 Å². The number of piperazine rings is 1. The first-order chi connectivity index (χ1) is 13.6. The van der Waals surface area contributed by atoms with Gasteiger partial charge in [-0.05, 0) is 80.6 Å². The summed E-state index contributed by atoms with van der Waals surface area (Å²) in [5.41, 5.74) is 4.79. The van der Waals surface area contributed by atoms with Gasteiger partial charge in [0.05, 0.1) is 11.2 Å². The van der Waals surface area contributed by atoms with Crippen molar-refractivity contribution in [3.8, 4) is 0 Å². The molecule has 0 saturated carbocycles. The first kappa shape index (κ1) is 21.3. The fourth-order valence-electron chi connectivity index (χ4n) is 3.78. The second kappa shape index (κ2) is 8.16. The van der Waals surface area contributed by atoms with E-state index in [9.17, 15) is 13.2 Å². The van der Waals surface area contributed by atoms with Gasteiger partial charge in [-0.1, -0.05) is 0 Å². The Bertz CT molecular complexity index is 1020. The van der Waals surface area contributed by atoms with Gasteiger partial charge in [0.25, 0.3) is 0 Å². The molecule has 1 amide bonds. The summed E-state index contributed by atoms with van der Waals surface area (Å²) in [6.45, 7) is 11.0. The third-order valence-corrected chi connectivity index (χ3v) is 8.19. The molecule has 6 nitrogen and oxygen atoms in total. The summed E-state index contributed by atoms with van der Waals surface area (Å²) in [4.78, 5) is 14.5. The van der Waals surface area contributed by atoms with Crippen LogP contribution in [0.25, 0.3) is 6.08 Å². The molecular formula is C22H28N2O4S. The summed E-state index contributed by atoms with van der Waals surface area (Å²) in [7, 11) is -3.62. The van der Waals surface area contributed by atoms with Crippen molar-refractivity contribution in [1.29, 1.82) is 0 Å². The predicted molar refractivity (Wildman–Crippen MR) is 113 cm³/mol. The van der Waals surface area contributed by atoms with Gasteiger partial charge in [-0.25, -0.2) is 8.42 Å². The Morgan fingerprint density at radius 2 is 1.48 bits per heavy atom. The maximum Gasteiger partial charge on any atom is 0.246 e. The molecule has 2 aromatic rings. The molecule has 0 spiro atoms. The standard InChI is InChI=1S/C22H28N2O4S/c1-15-16(2)18(4)22(19(5)17(15)3)29(26,27)24-12-10-23(11-13-24)21(25)9-8-20-7-6-14-28-20/h6-9,14H,10-13H2,1-5H3. The number of benzene rings is 1. The summed E-state index contributed by atoms with van der Waals surface area (Å²) >= 11 is 0. The molecule has 1 aromatic carbocycles. The highest BCUT2D eigenvalue weighted by molar-refractivity contribution is 7.89. The lowest BCUT2D eigenvalue weighted by Gasteiger charge is -2.34. The van der Waals surface area contributed by atoms with Crippen LogP contribution in [0.15, 0.2) is 33.8 Å². The van der Waals surface area contributed by atoms with Crippen molar-refractivity contribution in [3.63, 3.8) is 0 Å². The van der Waals surface area contributed by atoms with E-state index in [4.69, 9.17) is 4.42 Å². The topological polar surface area (TPSA) is 70.8 Å². The molecule has 1 saturated heterocycles. The maximum absolute atomic E-state index is 13.4. The first-order valence-electron chi connectivity index (χ1n) is 9.72. The predicted octanol–water partition coefficient (Wildman–Crippen LogP) is 3.37. The minimum atomic E-state index is -3.62. The number of furan rings is 1. The van der Waals surface area contributed by atoms with E-state index in [1.165, 1.54) is 10.4 Å².